The normalized spacial score (nSPS) is 19.7. The van der Waals surface area contributed by atoms with E-state index in [9.17, 15) is 13.2 Å². The van der Waals surface area contributed by atoms with Crippen LogP contribution in [0, 0.1) is 0 Å². The number of carbonyl (C=O) groups is 1. The maximum atomic E-state index is 12.3. The van der Waals surface area contributed by atoms with Gasteiger partial charge < -0.3 is 4.42 Å². The zero-order valence-corrected chi connectivity index (χ0v) is 11.5. The Morgan fingerprint density at radius 1 is 1.37 bits per heavy atom. The fourth-order valence-electron chi connectivity index (χ4n) is 1.87. The molecule has 0 aliphatic carbocycles. The SMILES string of the molecule is CN1C(=Cc2ccco2)C(=O)c2sccc2S1(=O)=O. The molecule has 2 aromatic heterocycles. The average molecular weight is 295 g/mol. The summed E-state index contributed by atoms with van der Waals surface area (Å²) in [6.45, 7) is 0. The highest BCUT2D eigenvalue weighted by atomic mass is 32.2. The Morgan fingerprint density at radius 3 is 2.84 bits per heavy atom. The van der Waals surface area contributed by atoms with Crippen molar-refractivity contribution < 1.29 is 17.6 Å². The van der Waals surface area contributed by atoms with Crippen LogP contribution in [0.4, 0.5) is 0 Å². The van der Waals surface area contributed by atoms with Crippen LogP contribution < -0.4 is 0 Å². The minimum Gasteiger partial charge on any atom is -0.465 e. The highest BCUT2D eigenvalue weighted by Crippen LogP contribution is 2.35. The number of hydrogen-bond acceptors (Lipinski definition) is 5. The minimum atomic E-state index is -3.65. The molecular weight excluding hydrogens is 286 g/mol. The van der Waals surface area contributed by atoms with Gasteiger partial charge >= 0.3 is 0 Å². The molecule has 3 heterocycles. The van der Waals surface area contributed by atoms with E-state index in [0.29, 0.717) is 5.76 Å². The van der Waals surface area contributed by atoms with Crippen molar-refractivity contribution in [1.29, 1.82) is 0 Å². The zero-order valence-electron chi connectivity index (χ0n) is 9.86. The van der Waals surface area contributed by atoms with Gasteiger partial charge in [-0.05, 0) is 23.6 Å². The second-order valence-electron chi connectivity index (χ2n) is 3.96. The molecule has 98 valence electrons. The molecule has 5 nitrogen and oxygen atoms in total. The molecule has 1 aliphatic rings. The number of rotatable bonds is 1. The van der Waals surface area contributed by atoms with Gasteiger partial charge in [-0.2, -0.15) is 0 Å². The molecule has 0 amide bonds. The Kier molecular flexibility index (Phi) is 2.61. The second-order valence-corrected chi connectivity index (χ2v) is 6.81. The fourth-order valence-corrected chi connectivity index (χ4v) is 4.41. The van der Waals surface area contributed by atoms with E-state index in [1.54, 1.807) is 17.5 Å². The molecule has 0 saturated heterocycles. The van der Waals surface area contributed by atoms with Crippen LogP contribution in [0.3, 0.4) is 0 Å². The van der Waals surface area contributed by atoms with Crippen LogP contribution in [-0.2, 0) is 10.0 Å². The van der Waals surface area contributed by atoms with Crippen LogP contribution in [0.25, 0.3) is 6.08 Å². The van der Waals surface area contributed by atoms with Gasteiger partial charge in [-0.1, -0.05) is 0 Å². The van der Waals surface area contributed by atoms with Crippen molar-refractivity contribution in [1.82, 2.24) is 4.31 Å². The number of thiophene rings is 1. The van der Waals surface area contributed by atoms with Gasteiger partial charge in [0.2, 0.25) is 5.78 Å². The lowest BCUT2D eigenvalue weighted by molar-refractivity contribution is 0.101. The summed E-state index contributed by atoms with van der Waals surface area (Å²) in [5.41, 5.74) is 0.0879. The maximum Gasteiger partial charge on any atom is 0.265 e. The minimum absolute atomic E-state index is 0.0709. The van der Waals surface area contributed by atoms with Gasteiger partial charge in [0.25, 0.3) is 10.0 Å². The van der Waals surface area contributed by atoms with Crippen molar-refractivity contribution in [2.24, 2.45) is 0 Å². The molecule has 0 fully saturated rings. The molecule has 0 saturated carbocycles. The van der Waals surface area contributed by atoms with Gasteiger partial charge in [0, 0.05) is 13.1 Å². The topological polar surface area (TPSA) is 67.6 Å². The molecule has 0 aromatic carbocycles. The summed E-state index contributed by atoms with van der Waals surface area (Å²) in [4.78, 5) is 12.6. The van der Waals surface area contributed by atoms with E-state index in [1.165, 1.54) is 25.5 Å². The molecule has 0 spiro atoms. The molecule has 0 bridgehead atoms. The molecule has 0 N–H and O–H groups in total. The number of furan rings is 1. The van der Waals surface area contributed by atoms with Gasteiger partial charge in [0.1, 0.15) is 16.4 Å². The summed E-state index contributed by atoms with van der Waals surface area (Å²) >= 11 is 1.13. The number of nitrogens with zero attached hydrogens (tertiary/aromatic N) is 1. The molecule has 0 atom stereocenters. The van der Waals surface area contributed by atoms with Crippen LogP contribution in [0.15, 0.2) is 44.9 Å². The smallest absolute Gasteiger partial charge is 0.265 e. The molecular formula is C12H9NO4S2. The zero-order chi connectivity index (χ0) is 13.6. The average Bonchev–Trinajstić information content (AvgIpc) is 3.03. The summed E-state index contributed by atoms with van der Waals surface area (Å²) in [7, 11) is -2.29. The van der Waals surface area contributed by atoms with Crippen molar-refractivity contribution in [3.05, 3.63) is 46.2 Å². The third-order valence-corrected chi connectivity index (χ3v) is 5.72. The molecule has 19 heavy (non-hydrogen) atoms. The first-order valence-corrected chi connectivity index (χ1v) is 7.70. The number of ketones is 1. The van der Waals surface area contributed by atoms with Gasteiger partial charge in [-0.15, -0.1) is 11.3 Å². The predicted octanol–water partition coefficient (Wildman–Crippen LogP) is 2.20. The number of hydrogen-bond donors (Lipinski definition) is 0. The Morgan fingerprint density at radius 2 is 2.16 bits per heavy atom. The molecule has 1 aliphatic heterocycles. The van der Waals surface area contributed by atoms with Crippen LogP contribution >= 0.6 is 11.3 Å². The number of carbonyl (C=O) groups excluding carboxylic acids is 1. The first kappa shape index (κ1) is 12.2. The second kappa shape index (κ2) is 4.07. The fraction of sp³-hybridized carbons (Fsp3) is 0.0833. The van der Waals surface area contributed by atoms with Gasteiger partial charge in [0.05, 0.1) is 11.1 Å². The van der Waals surface area contributed by atoms with E-state index >= 15 is 0 Å². The van der Waals surface area contributed by atoms with E-state index in [0.717, 1.165) is 15.6 Å². The Balaban J connectivity index is 2.22. The largest absolute Gasteiger partial charge is 0.465 e. The van der Waals surface area contributed by atoms with Gasteiger partial charge in [-0.25, -0.2) is 8.42 Å². The van der Waals surface area contributed by atoms with Crippen molar-refractivity contribution in [3.63, 3.8) is 0 Å². The maximum absolute atomic E-state index is 12.3. The summed E-state index contributed by atoms with van der Waals surface area (Å²) in [5, 5.41) is 1.60. The summed E-state index contributed by atoms with van der Waals surface area (Å²) in [6, 6.07) is 4.78. The van der Waals surface area contributed by atoms with Crippen LogP contribution in [0.2, 0.25) is 0 Å². The van der Waals surface area contributed by atoms with Crippen LogP contribution in [0.1, 0.15) is 15.4 Å². The monoisotopic (exact) mass is 295 g/mol. The molecule has 0 radical (unpaired) electrons. The molecule has 2 aromatic rings. The van der Waals surface area contributed by atoms with Crippen molar-refractivity contribution in [2.45, 2.75) is 4.90 Å². The summed E-state index contributed by atoms with van der Waals surface area (Å²) < 4.78 is 30.6. The standard InChI is InChI=1S/C12H9NO4S2/c1-13-9(7-8-3-2-5-17-8)11(14)12-10(4-6-18-12)19(13,15)16/h2-7H,1H3. The third kappa shape index (κ3) is 1.73. The Labute approximate surface area is 113 Å². The van der Waals surface area contributed by atoms with Crippen molar-refractivity contribution in [2.75, 3.05) is 7.05 Å². The number of sulfonamides is 1. The lowest BCUT2D eigenvalue weighted by Gasteiger charge is -2.25. The number of Topliss-reactive ketones (excluding diaryl/α,β-unsaturated/α-hetero) is 1. The third-order valence-electron chi connectivity index (χ3n) is 2.87. The highest BCUT2D eigenvalue weighted by Gasteiger charge is 2.38. The first-order valence-electron chi connectivity index (χ1n) is 5.38. The van der Waals surface area contributed by atoms with Crippen LogP contribution in [0.5, 0.6) is 0 Å². The summed E-state index contributed by atoms with van der Waals surface area (Å²) in [5.74, 6) is 0.129. The first-order chi connectivity index (χ1) is 9.01. The molecule has 0 unspecified atom stereocenters. The van der Waals surface area contributed by atoms with E-state index in [1.807, 2.05) is 0 Å². The van der Waals surface area contributed by atoms with Crippen molar-refractivity contribution in [3.8, 4) is 0 Å². The molecule has 3 rings (SSSR count). The highest BCUT2D eigenvalue weighted by molar-refractivity contribution is 7.89. The van der Waals surface area contributed by atoms with E-state index in [-0.39, 0.29) is 21.3 Å². The van der Waals surface area contributed by atoms with Crippen LogP contribution in [-0.4, -0.2) is 25.6 Å². The van der Waals surface area contributed by atoms with Gasteiger partial charge in [0.15, 0.2) is 0 Å². The lowest BCUT2D eigenvalue weighted by Crippen LogP contribution is -2.35. The van der Waals surface area contributed by atoms with Crippen molar-refractivity contribution >= 4 is 33.2 Å². The number of likely N-dealkylation sites (N-methyl/N-ethyl adjacent to an activating group) is 1. The Bertz CT molecular complexity index is 769. The Hall–Kier alpha value is -1.86. The van der Waals surface area contributed by atoms with E-state index in [2.05, 4.69) is 0 Å². The summed E-state index contributed by atoms with van der Waals surface area (Å²) in [6.07, 6.45) is 2.90. The van der Waals surface area contributed by atoms with E-state index in [4.69, 9.17) is 4.42 Å². The number of allylic oxidation sites excluding steroid dienone is 1. The van der Waals surface area contributed by atoms with E-state index < -0.39 is 10.0 Å². The predicted molar refractivity (Wildman–Crippen MR) is 70.3 cm³/mol. The number of fused-ring (bicyclic) bond motifs is 1. The van der Waals surface area contributed by atoms with Gasteiger partial charge in [-0.3, -0.25) is 9.10 Å². The quantitative estimate of drug-likeness (QED) is 0.756. The molecule has 7 heteroatoms. The lowest BCUT2D eigenvalue weighted by atomic mass is 10.2.